The molecule has 0 aromatic heterocycles. The van der Waals surface area contributed by atoms with Crippen molar-refractivity contribution in [3.8, 4) is 5.75 Å². The number of fused-ring (bicyclic) bond motifs is 1. The second-order valence-electron chi connectivity index (χ2n) is 6.56. The fraction of sp³-hybridized carbons (Fsp3) is 0.611. The lowest BCUT2D eigenvalue weighted by molar-refractivity contribution is -0.143. The summed E-state index contributed by atoms with van der Waals surface area (Å²) in [6.07, 6.45) is 8.66. The third-order valence-electron chi connectivity index (χ3n) is 5.36. The Labute approximate surface area is 136 Å². The van der Waals surface area contributed by atoms with Crippen LogP contribution in [0.15, 0.2) is 6.07 Å². The van der Waals surface area contributed by atoms with Crippen LogP contribution in [0.25, 0.3) is 0 Å². The summed E-state index contributed by atoms with van der Waals surface area (Å²) >= 11 is 6.45. The van der Waals surface area contributed by atoms with Crippen molar-refractivity contribution in [2.75, 3.05) is 7.11 Å². The molecule has 1 aromatic carbocycles. The Morgan fingerprint density at radius 1 is 1.18 bits per heavy atom. The lowest BCUT2D eigenvalue weighted by atomic mass is 9.74. The zero-order valence-electron chi connectivity index (χ0n) is 13.1. The number of carbonyl (C=O) groups is 1. The van der Waals surface area contributed by atoms with E-state index in [4.69, 9.17) is 16.3 Å². The van der Waals surface area contributed by atoms with Crippen LogP contribution in [0.3, 0.4) is 0 Å². The van der Waals surface area contributed by atoms with Crippen molar-refractivity contribution in [2.24, 2.45) is 0 Å². The number of carboxylic acids is 1. The van der Waals surface area contributed by atoms with Gasteiger partial charge in [0.05, 0.1) is 17.5 Å². The first-order valence-electron chi connectivity index (χ1n) is 8.22. The third kappa shape index (κ3) is 2.40. The molecule has 0 aliphatic heterocycles. The molecule has 0 unspecified atom stereocenters. The van der Waals surface area contributed by atoms with Gasteiger partial charge in [-0.1, -0.05) is 30.9 Å². The van der Waals surface area contributed by atoms with E-state index in [1.54, 1.807) is 7.11 Å². The normalized spacial score (nSPS) is 20.3. The molecule has 0 spiro atoms. The molecular weight excluding hydrogens is 300 g/mol. The highest BCUT2D eigenvalue weighted by Gasteiger charge is 2.47. The summed E-state index contributed by atoms with van der Waals surface area (Å²) in [6, 6.07) is 2.00. The van der Waals surface area contributed by atoms with E-state index in [0.717, 1.165) is 44.1 Å². The van der Waals surface area contributed by atoms with Crippen molar-refractivity contribution >= 4 is 17.6 Å². The number of ether oxygens (including phenoxy) is 1. The average molecular weight is 323 g/mol. The Morgan fingerprint density at radius 2 is 1.86 bits per heavy atom. The van der Waals surface area contributed by atoms with Gasteiger partial charge >= 0.3 is 5.97 Å². The molecule has 0 amide bonds. The van der Waals surface area contributed by atoms with Crippen LogP contribution in [0.1, 0.15) is 61.6 Å². The van der Waals surface area contributed by atoms with Crippen LogP contribution in [0.2, 0.25) is 5.02 Å². The maximum Gasteiger partial charge on any atom is 0.314 e. The number of rotatable bonds is 3. The molecule has 2 aliphatic carbocycles. The van der Waals surface area contributed by atoms with Gasteiger partial charge in [-0.2, -0.15) is 0 Å². The van der Waals surface area contributed by atoms with Crippen molar-refractivity contribution in [3.05, 3.63) is 27.8 Å². The summed E-state index contributed by atoms with van der Waals surface area (Å²) in [5.74, 6) is -0.136. The summed E-state index contributed by atoms with van der Waals surface area (Å²) in [5.41, 5.74) is 2.49. The van der Waals surface area contributed by atoms with Crippen LogP contribution in [0.5, 0.6) is 5.75 Å². The summed E-state index contributed by atoms with van der Waals surface area (Å²) in [4.78, 5) is 12.2. The first-order chi connectivity index (χ1) is 10.6. The number of aliphatic carboxylic acids is 1. The van der Waals surface area contributed by atoms with E-state index in [2.05, 4.69) is 0 Å². The van der Waals surface area contributed by atoms with Gasteiger partial charge in [0.2, 0.25) is 0 Å². The Balaban J connectivity index is 2.28. The summed E-state index contributed by atoms with van der Waals surface area (Å²) in [5, 5.41) is 10.6. The molecule has 1 fully saturated rings. The van der Waals surface area contributed by atoms with Gasteiger partial charge in [-0.3, -0.25) is 4.79 Å². The molecule has 0 radical (unpaired) electrons. The minimum absolute atomic E-state index is 0.561. The van der Waals surface area contributed by atoms with E-state index in [9.17, 15) is 9.90 Å². The van der Waals surface area contributed by atoms with Gasteiger partial charge in [-0.25, -0.2) is 0 Å². The van der Waals surface area contributed by atoms with Crippen LogP contribution >= 0.6 is 11.6 Å². The molecule has 0 heterocycles. The minimum atomic E-state index is -0.815. The topological polar surface area (TPSA) is 46.5 Å². The molecule has 0 bridgehead atoms. The summed E-state index contributed by atoms with van der Waals surface area (Å²) < 4.78 is 5.58. The maximum absolute atomic E-state index is 12.2. The van der Waals surface area contributed by atoms with Crippen molar-refractivity contribution in [1.29, 1.82) is 0 Å². The maximum atomic E-state index is 12.2. The molecular formula is C18H23ClO3. The lowest BCUT2D eigenvalue weighted by Crippen LogP contribution is -2.34. The van der Waals surface area contributed by atoms with Gasteiger partial charge in [0.15, 0.2) is 0 Å². The standard InChI is InChI=1S/C18H23ClO3/c1-22-16-14(19)11-12-7-3-2-4-8-13(12)15(16)18(17(20)21)9-5-6-10-18/h11H,2-10H2,1H3,(H,20,21). The molecule has 2 aliphatic rings. The smallest absolute Gasteiger partial charge is 0.314 e. The molecule has 3 rings (SSSR count). The first-order valence-corrected chi connectivity index (χ1v) is 8.60. The van der Waals surface area contributed by atoms with Crippen LogP contribution in [0, 0.1) is 0 Å². The van der Waals surface area contributed by atoms with Crippen molar-refractivity contribution in [1.82, 2.24) is 0 Å². The van der Waals surface area contributed by atoms with Gasteiger partial charge in [-0.05, 0) is 55.7 Å². The lowest BCUT2D eigenvalue weighted by Gasteiger charge is -2.30. The van der Waals surface area contributed by atoms with Crippen molar-refractivity contribution in [2.45, 2.75) is 63.2 Å². The fourth-order valence-electron chi connectivity index (χ4n) is 4.28. The van der Waals surface area contributed by atoms with Gasteiger partial charge in [0.25, 0.3) is 0 Å². The van der Waals surface area contributed by atoms with E-state index in [1.807, 2.05) is 6.07 Å². The zero-order chi connectivity index (χ0) is 15.7. The van der Waals surface area contributed by atoms with E-state index in [-0.39, 0.29) is 0 Å². The van der Waals surface area contributed by atoms with Crippen LogP contribution in [0.4, 0.5) is 0 Å². The van der Waals surface area contributed by atoms with Crippen LogP contribution in [-0.4, -0.2) is 18.2 Å². The molecule has 0 saturated heterocycles. The molecule has 4 heteroatoms. The van der Waals surface area contributed by atoms with E-state index in [0.29, 0.717) is 23.6 Å². The van der Waals surface area contributed by atoms with Crippen molar-refractivity contribution < 1.29 is 14.6 Å². The largest absolute Gasteiger partial charge is 0.495 e. The first kappa shape index (κ1) is 15.7. The van der Waals surface area contributed by atoms with E-state index in [1.165, 1.54) is 17.5 Å². The van der Waals surface area contributed by atoms with Crippen LogP contribution in [-0.2, 0) is 23.1 Å². The third-order valence-corrected chi connectivity index (χ3v) is 5.64. The predicted octanol–water partition coefficient (Wildman–Crippen LogP) is 4.51. The SMILES string of the molecule is COc1c(Cl)cc2c(c1C1(C(=O)O)CCCC1)CCCCC2. The molecule has 1 saturated carbocycles. The molecule has 1 aromatic rings. The number of aryl methyl sites for hydroxylation is 1. The Hall–Kier alpha value is -1.22. The van der Waals surface area contributed by atoms with Gasteiger partial charge < -0.3 is 9.84 Å². The average Bonchev–Trinajstić information content (AvgIpc) is 2.88. The van der Waals surface area contributed by atoms with E-state index >= 15 is 0 Å². The summed E-state index contributed by atoms with van der Waals surface area (Å²) in [6.45, 7) is 0. The Morgan fingerprint density at radius 3 is 2.50 bits per heavy atom. The minimum Gasteiger partial charge on any atom is -0.495 e. The second-order valence-corrected chi connectivity index (χ2v) is 6.97. The highest BCUT2D eigenvalue weighted by atomic mass is 35.5. The van der Waals surface area contributed by atoms with Gasteiger partial charge in [0, 0.05) is 5.56 Å². The van der Waals surface area contributed by atoms with Gasteiger partial charge in [0.1, 0.15) is 5.75 Å². The number of halogens is 1. The molecule has 22 heavy (non-hydrogen) atoms. The van der Waals surface area contributed by atoms with Crippen molar-refractivity contribution in [3.63, 3.8) is 0 Å². The Bertz CT molecular complexity index is 588. The molecule has 1 N–H and O–H groups in total. The van der Waals surface area contributed by atoms with E-state index < -0.39 is 11.4 Å². The van der Waals surface area contributed by atoms with Gasteiger partial charge in [-0.15, -0.1) is 0 Å². The highest BCUT2D eigenvalue weighted by Crippen LogP contribution is 2.50. The number of hydrogen-bond donors (Lipinski definition) is 1. The predicted molar refractivity (Wildman–Crippen MR) is 87.0 cm³/mol. The second kappa shape index (κ2) is 6.11. The monoisotopic (exact) mass is 322 g/mol. The number of hydrogen-bond acceptors (Lipinski definition) is 2. The summed E-state index contributed by atoms with van der Waals surface area (Å²) in [7, 11) is 1.60. The molecule has 120 valence electrons. The highest BCUT2D eigenvalue weighted by molar-refractivity contribution is 6.32. The quantitative estimate of drug-likeness (QED) is 0.833. The molecule has 0 atom stereocenters. The zero-order valence-corrected chi connectivity index (χ0v) is 13.8. The number of benzene rings is 1. The number of carboxylic acid groups (broad SMARTS) is 1. The number of methoxy groups -OCH3 is 1. The molecule has 3 nitrogen and oxygen atoms in total. The fourth-order valence-corrected chi connectivity index (χ4v) is 4.58. The Kier molecular flexibility index (Phi) is 4.35. The van der Waals surface area contributed by atoms with Crippen LogP contribution < -0.4 is 4.74 Å².